The number of carboxylic acid groups (broad SMARTS) is 1. The topological polar surface area (TPSA) is 94.8 Å². The lowest BCUT2D eigenvalue weighted by atomic mass is 9.62. The summed E-state index contributed by atoms with van der Waals surface area (Å²) in [6.45, 7) is 2.16. The second kappa shape index (κ2) is 10.9. The fraction of sp³-hybridized carbons (Fsp3) is 0.739. The largest absolute Gasteiger partial charge is 0.481 e. The average Bonchev–Trinajstić information content (AvgIpc) is 2.87. The third-order valence-corrected chi connectivity index (χ3v) is 6.57. The van der Waals surface area contributed by atoms with Gasteiger partial charge in [0.05, 0.1) is 12.2 Å². The van der Waals surface area contributed by atoms with E-state index in [1.807, 2.05) is 24.3 Å². The van der Waals surface area contributed by atoms with Gasteiger partial charge >= 0.3 is 5.97 Å². The third-order valence-electron chi connectivity index (χ3n) is 6.57. The van der Waals surface area contributed by atoms with Crippen LogP contribution in [0.4, 0.5) is 0 Å². The molecule has 5 heteroatoms. The summed E-state index contributed by atoms with van der Waals surface area (Å²) < 4.78 is 0. The highest BCUT2D eigenvalue weighted by Gasteiger charge is 2.42. The number of aliphatic hydroxyl groups is 2. The van der Waals surface area contributed by atoms with Gasteiger partial charge in [0, 0.05) is 24.7 Å². The maximum atomic E-state index is 12.2. The SMILES string of the molecule is CCCC1([C@H](O)C/C=C/[C@@H]2[C@H](C/C=C\CCCC(=O)O)C(=O)C[C@@H]2O)CCC1. The molecule has 2 fully saturated rings. The maximum Gasteiger partial charge on any atom is 0.303 e. The van der Waals surface area contributed by atoms with Crippen LogP contribution in [-0.2, 0) is 9.59 Å². The Kier molecular flexibility index (Phi) is 8.90. The smallest absolute Gasteiger partial charge is 0.303 e. The molecule has 158 valence electrons. The minimum Gasteiger partial charge on any atom is -0.481 e. The molecule has 0 aliphatic heterocycles. The molecule has 3 N–H and O–H groups in total. The summed E-state index contributed by atoms with van der Waals surface area (Å²) in [6, 6.07) is 0. The predicted octanol–water partition coefficient (Wildman–Crippen LogP) is 4.03. The van der Waals surface area contributed by atoms with Gasteiger partial charge in [0.25, 0.3) is 0 Å². The van der Waals surface area contributed by atoms with Crippen LogP contribution < -0.4 is 0 Å². The molecule has 2 rings (SSSR count). The molecule has 5 nitrogen and oxygen atoms in total. The first-order valence-corrected chi connectivity index (χ1v) is 10.8. The van der Waals surface area contributed by atoms with Gasteiger partial charge in [-0.25, -0.2) is 0 Å². The van der Waals surface area contributed by atoms with Crippen LogP contribution in [0.15, 0.2) is 24.3 Å². The molecule has 2 aliphatic carbocycles. The highest BCUT2D eigenvalue weighted by Crippen LogP contribution is 2.48. The number of carbonyl (C=O) groups excluding carboxylic acids is 1. The zero-order valence-electron chi connectivity index (χ0n) is 17.1. The summed E-state index contributed by atoms with van der Waals surface area (Å²) >= 11 is 0. The Labute approximate surface area is 168 Å². The van der Waals surface area contributed by atoms with Crippen LogP contribution in [0.2, 0.25) is 0 Å². The molecule has 4 atom stereocenters. The normalized spacial score (nSPS) is 28.1. The van der Waals surface area contributed by atoms with E-state index in [4.69, 9.17) is 5.11 Å². The number of allylic oxidation sites excluding steroid dienone is 2. The van der Waals surface area contributed by atoms with Crippen LogP contribution in [-0.4, -0.2) is 39.3 Å². The van der Waals surface area contributed by atoms with Crippen LogP contribution in [0.25, 0.3) is 0 Å². The zero-order chi connectivity index (χ0) is 20.6. The number of ketones is 1. The van der Waals surface area contributed by atoms with Crippen molar-refractivity contribution in [2.24, 2.45) is 17.3 Å². The Bertz CT molecular complexity index is 576. The van der Waals surface area contributed by atoms with E-state index in [1.54, 1.807) is 0 Å². The minimum atomic E-state index is -0.794. The molecule has 28 heavy (non-hydrogen) atoms. The first-order chi connectivity index (χ1) is 13.4. The molecule has 0 unspecified atom stereocenters. The second-order valence-corrected chi connectivity index (χ2v) is 8.56. The molecule has 0 aromatic heterocycles. The number of rotatable bonds is 12. The van der Waals surface area contributed by atoms with Crippen molar-refractivity contribution in [1.29, 1.82) is 0 Å². The molecular formula is C23H36O5. The number of hydrogen-bond donors (Lipinski definition) is 3. The van der Waals surface area contributed by atoms with Crippen molar-refractivity contribution in [3.8, 4) is 0 Å². The fourth-order valence-corrected chi connectivity index (χ4v) is 4.75. The lowest BCUT2D eigenvalue weighted by Crippen LogP contribution is -2.41. The van der Waals surface area contributed by atoms with Crippen LogP contribution in [0.3, 0.4) is 0 Å². The van der Waals surface area contributed by atoms with E-state index < -0.39 is 12.1 Å². The molecule has 0 spiro atoms. The Balaban J connectivity index is 1.85. The monoisotopic (exact) mass is 392 g/mol. The summed E-state index contributed by atoms with van der Waals surface area (Å²) in [5.41, 5.74) is 0.0707. The van der Waals surface area contributed by atoms with E-state index >= 15 is 0 Å². The van der Waals surface area contributed by atoms with Gasteiger partial charge in [-0.15, -0.1) is 0 Å². The molecule has 0 saturated heterocycles. The molecule has 0 aromatic carbocycles. The fourth-order valence-electron chi connectivity index (χ4n) is 4.75. The molecule has 0 bridgehead atoms. The van der Waals surface area contributed by atoms with Gasteiger partial charge < -0.3 is 15.3 Å². The van der Waals surface area contributed by atoms with Crippen LogP contribution in [0.1, 0.15) is 77.6 Å². The Morgan fingerprint density at radius 3 is 2.64 bits per heavy atom. The molecule has 2 aliphatic rings. The second-order valence-electron chi connectivity index (χ2n) is 8.56. The predicted molar refractivity (Wildman–Crippen MR) is 109 cm³/mol. The summed E-state index contributed by atoms with van der Waals surface area (Å²) in [4.78, 5) is 22.8. The highest BCUT2D eigenvalue weighted by atomic mass is 16.4. The van der Waals surface area contributed by atoms with E-state index in [2.05, 4.69) is 6.92 Å². The number of carboxylic acids is 1. The Morgan fingerprint density at radius 1 is 1.29 bits per heavy atom. The molecule has 0 aromatic rings. The number of carbonyl (C=O) groups is 2. The van der Waals surface area contributed by atoms with Crippen LogP contribution in [0, 0.1) is 17.3 Å². The quantitative estimate of drug-likeness (QED) is 0.344. The van der Waals surface area contributed by atoms with E-state index in [9.17, 15) is 19.8 Å². The standard InChI is InChI=1S/C23H36O5/c1-2-13-23(14-8-15-23)21(26)11-7-10-18-17(19(24)16-20(18)25)9-5-3-4-6-12-22(27)28/h3,5,7,10,17-18,20-21,25-26H,2,4,6,8-9,11-16H2,1H3,(H,27,28)/b5-3-,10-7+/t17-,18+,20-,21+/m0/s1. The highest BCUT2D eigenvalue weighted by molar-refractivity contribution is 5.84. The summed E-state index contributed by atoms with van der Waals surface area (Å²) in [7, 11) is 0. The Morgan fingerprint density at radius 2 is 2.04 bits per heavy atom. The first kappa shape index (κ1) is 22.8. The van der Waals surface area contributed by atoms with Gasteiger partial charge in [0.1, 0.15) is 5.78 Å². The van der Waals surface area contributed by atoms with Crippen molar-refractivity contribution in [1.82, 2.24) is 0 Å². The minimum absolute atomic E-state index is 0.0707. The first-order valence-electron chi connectivity index (χ1n) is 10.8. The van der Waals surface area contributed by atoms with E-state index in [0.29, 0.717) is 25.7 Å². The molecule has 0 amide bonds. The lowest BCUT2D eigenvalue weighted by molar-refractivity contribution is -0.137. The van der Waals surface area contributed by atoms with E-state index in [1.165, 1.54) is 6.42 Å². The third kappa shape index (κ3) is 6.02. The Hall–Kier alpha value is -1.46. The lowest BCUT2D eigenvalue weighted by Gasteiger charge is -2.45. The van der Waals surface area contributed by atoms with E-state index in [-0.39, 0.29) is 42.0 Å². The van der Waals surface area contributed by atoms with Gasteiger partial charge in [-0.2, -0.15) is 0 Å². The van der Waals surface area contributed by atoms with E-state index in [0.717, 1.165) is 25.7 Å². The summed E-state index contributed by atoms with van der Waals surface area (Å²) in [5.74, 6) is -1.14. The summed E-state index contributed by atoms with van der Waals surface area (Å²) in [5, 5.41) is 29.6. The molecular weight excluding hydrogens is 356 g/mol. The van der Waals surface area contributed by atoms with Crippen molar-refractivity contribution in [2.75, 3.05) is 0 Å². The molecule has 0 heterocycles. The van der Waals surface area contributed by atoms with Gasteiger partial charge in [-0.1, -0.05) is 44.1 Å². The molecule has 0 radical (unpaired) electrons. The van der Waals surface area contributed by atoms with Crippen molar-refractivity contribution < 1.29 is 24.9 Å². The van der Waals surface area contributed by atoms with Crippen molar-refractivity contribution in [2.45, 2.75) is 89.8 Å². The number of Topliss-reactive ketones (excluding diaryl/α,β-unsaturated/α-hetero) is 1. The van der Waals surface area contributed by atoms with Crippen molar-refractivity contribution in [3.63, 3.8) is 0 Å². The van der Waals surface area contributed by atoms with Crippen LogP contribution in [0.5, 0.6) is 0 Å². The average molecular weight is 393 g/mol. The number of hydrogen-bond acceptors (Lipinski definition) is 4. The zero-order valence-corrected chi connectivity index (χ0v) is 17.1. The van der Waals surface area contributed by atoms with Crippen LogP contribution >= 0.6 is 0 Å². The summed E-state index contributed by atoms with van der Waals surface area (Å²) in [6.07, 6.45) is 15.0. The maximum absolute atomic E-state index is 12.2. The van der Waals surface area contributed by atoms with Crippen molar-refractivity contribution >= 4 is 11.8 Å². The number of aliphatic carboxylic acids is 1. The van der Waals surface area contributed by atoms with Gasteiger partial charge in [-0.05, 0) is 50.4 Å². The van der Waals surface area contributed by atoms with Gasteiger partial charge in [-0.3, -0.25) is 9.59 Å². The van der Waals surface area contributed by atoms with Gasteiger partial charge in [0.15, 0.2) is 0 Å². The number of aliphatic hydroxyl groups excluding tert-OH is 2. The van der Waals surface area contributed by atoms with Gasteiger partial charge in [0.2, 0.25) is 0 Å². The molecule has 2 saturated carbocycles. The van der Waals surface area contributed by atoms with Crippen molar-refractivity contribution in [3.05, 3.63) is 24.3 Å². The number of unbranched alkanes of at least 4 members (excludes halogenated alkanes) is 1.